The molecule has 0 aliphatic carbocycles. The summed E-state index contributed by atoms with van der Waals surface area (Å²) in [6.45, 7) is -6.91. The molecule has 0 saturated carbocycles. The lowest BCUT2D eigenvalue weighted by Crippen LogP contribution is -2.68. The van der Waals surface area contributed by atoms with E-state index in [2.05, 4.69) is 0 Å². The van der Waals surface area contributed by atoms with Gasteiger partial charge < -0.3 is 179 Å². The topological polar surface area (TPSA) is 585 Å². The molecule has 7 aliphatic rings. The van der Waals surface area contributed by atoms with Crippen LogP contribution in [0.2, 0.25) is 0 Å². The highest BCUT2D eigenvalue weighted by Crippen LogP contribution is 2.37. The predicted molar refractivity (Wildman–Crippen MR) is 232 cm³/mol. The maximum Gasteiger partial charge on any atom is 0.187 e. The van der Waals surface area contributed by atoms with Crippen molar-refractivity contribution >= 4 is 0 Å². The summed E-state index contributed by atoms with van der Waals surface area (Å²) in [6, 6.07) is 0. The zero-order valence-corrected chi connectivity index (χ0v) is 40.8. The largest absolute Gasteiger partial charge is 0.394 e. The van der Waals surface area contributed by atoms with Crippen molar-refractivity contribution in [2.45, 2.75) is 215 Å². The lowest BCUT2D eigenvalue weighted by atomic mass is 9.95. The number of hydrogen-bond acceptors (Lipinski definition) is 36. The van der Waals surface area contributed by atoms with Crippen molar-refractivity contribution < 1.29 is 179 Å². The van der Waals surface area contributed by atoms with Crippen molar-refractivity contribution in [1.29, 1.82) is 0 Å². The first-order valence-electron chi connectivity index (χ1n) is 24.7. The van der Waals surface area contributed by atoms with Gasteiger partial charge in [0.15, 0.2) is 44.0 Å². The first-order chi connectivity index (χ1) is 37.0. The summed E-state index contributed by atoms with van der Waals surface area (Å²) in [5, 5.41) is 245. The molecule has 7 heterocycles. The highest BCUT2D eigenvalue weighted by molar-refractivity contribution is 5.00. The molecule has 0 bridgehead atoms. The molecule has 7 aliphatic heterocycles. The van der Waals surface area contributed by atoms with Gasteiger partial charge in [-0.15, -0.1) is 0 Å². The van der Waals surface area contributed by atoms with Gasteiger partial charge in [0.25, 0.3) is 0 Å². The smallest absolute Gasteiger partial charge is 0.187 e. The van der Waals surface area contributed by atoms with Crippen molar-refractivity contribution in [3.63, 3.8) is 0 Å². The van der Waals surface area contributed by atoms with Crippen LogP contribution < -0.4 is 0 Å². The number of ether oxygens (including phenoxy) is 13. The van der Waals surface area contributed by atoms with E-state index in [0.717, 1.165) is 0 Å². The molecule has 7 fully saturated rings. The Morgan fingerprint density at radius 2 is 0.487 bits per heavy atom. The Balaban J connectivity index is 1.14. The van der Waals surface area contributed by atoms with E-state index in [1.807, 2.05) is 0 Å². The van der Waals surface area contributed by atoms with E-state index in [4.69, 9.17) is 61.6 Å². The second-order valence-corrected chi connectivity index (χ2v) is 19.6. The minimum absolute atomic E-state index is 0.874. The molecule has 78 heavy (non-hydrogen) atoms. The van der Waals surface area contributed by atoms with Crippen LogP contribution in [0, 0.1) is 0 Å². The molecule has 0 aromatic rings. The van der Waals surface area contributed by atoms with E-state index in [0.29, 0.717) is 0 Å². The van der Waals surface area contributed by atoms with Crippen molar-refractivity contribution in [3.05, 3.63) is 0 Å². The molecule has 7 rings (SSSR count). The van der Waals surface area contributed by atoms with Gasteiger partial charge in [0, 0.05) is 0 Å². The van der Waals surface area contributed by atoms with Crippen LogP contribution in [0.3, 0.4) is 0 Å². The van der Waals surface area contributed by atoms with E-state index in [1.54, 1.807) is 0 Å². The molecule has 456 valence electrons. The van der Waals surface area contributed by atoms with Crippen LogP contribution in [0.25, 0.3) is 0 Å². The summed E-state index contributed by atoms with van der Waals surface area (Å²) >= 11 is 0. The fourth-order valence-electron chi connectivity index (χ4n) is 9.88. The van der Waals surface area contributed by atoms with E-state index in [9.17, 15) is 117 Å². The molecule has 36 heteroatoms. The Bertz CT molecular complexity index is 1810. The fourth-order valence-corrected chi connectivity index (χ4v) is 9.88. The second-order valence-electron chi connectivity index (χ2n) is 19.6. The first-order valence-corrected chi connectivity index (χ1v) is 24.7. The van der Waals surface area contributed by atoms with Crippen LogP contribution in [0.5, 0.6) is 0 Å². The molecule has 0 amide bonds. The average Bonchev–Trinajstić information content (AvgIpc) is 3.51. The van der Waals surface area contributed by atoms with Crippen LogP contribution in [0.15, 0.2) is 0 Å². The molecule has 0 aromatic heterocycles. The zero-order valence-electron chi connectivity index (χ0n) is 40.8. The number of aliphatic hydroxyl groups is 23. The summed E-state index contributed by atoms with van der Waals surface area (Å²) < 4.78 is 72.4. The molecule has 35 atom stereocenters. The Hall–Kier alpha value is -1.44. The van der Waals surface area contributed by atoms with Gasteiger partial charge in [0.05, 0.1) is 46.2 Å². The minimum atomic E-state index is -2.40. The molecule has 36 nitrogen and oxygen atoms in total. The first kappa shape index (κ1) is 64.1. The zero-order chi connectivity index (χ0) is 57.3. The third kappa shape index (κ3) is 13.1. The number of rotatable bonds is 19. The standard InChI is InChI=1S/C42H72O36/c43-1-8-15(49)21(55)24(58)38(68-8)74-31-13(6-48)72-37(26(60)23(31)57)66-7-14-20(54)35(78-41-28(62)33(18(52)11(4-46)71-41)76-39-25(59)22(56)16(50)9(2-44)69-39)30(64)42(73-14)77-34-19(53)12(5-47)70-40(29(34)63)75-32-17(51)10(3-45)67-36(65)27(32)61/h8-65H,1-7H2. The van der Waals surface area contributed by atoms with Gasteiger partial charge in [-0.2, -0.15) is 0 Å². The molecule has 0 aromatic carbocycles. The normalized spacial score (nSPS) is 53.5. The summed E-state index contributed by atoms with van der Waals surface area (Å²) in [5.74, 6) is 0. The van der Waals surface area contributed by atoms with Crippen molar-refractivity contribution in [3.8, 4) is 0 Å². The van der Waals surface area contributed by atoms with Gasteiger partial charge in [0.1, 0.15) is 171 Å². The summed E-state index contributed by atoms with van der Waals surface area (Å²) in [7, 11) is 0. The van der Waals surface area contributed by atoms with Gasteiger partial charge >= 0.3 is 0 Å². The maximum atomic E-state index is 11.9. The van der Waals surface area contributed by atoms with E-state index in [-0.39, 0.29) is 0 Å². The van der Waals surface area contributed by atoms with Gasteiger partial charge in [-0.1, -0.05) is 0 Å². The van der Waals surface area contributed by atoms with Gasteiger partial charge in [0.2, 0.25) is 0 Å². The highest BCUT2D eigenvalue weighted by atomic mass is 16.8. The Labute approximate surface area is 439 Å². The molecule has 0 spiro atoms. The van der Waals surface area contributed by atoms with Crippen molar-refractivity contribution in [2.24, 2.45) is 0 Å². The minimum Gasteiger partial charge on any atom is -0.394 e. The van der Waals surface area contributed by atoms with E-state index in [1.165, 1.54) is 0 Å². The van der Waals surface area contributed by atoms with Crippen LogP contribution in [0.1, 0.15) is 0 Å². The van der Waals surface area contributed by atoms with Crippen molar-refractivity contribution in [1.82, 2.24) is 0 Å². The quantitative estimate of drug-likeness (QED) is 0.0571. The van der Waals surface area contributed by atoms with Crippen LogP contribution in [-0.4, -0.2) is 379 Å². The summed E-state index contributed by atoms with van der Waals surface area (Å²) in [5.41, 5.74) is 0. The SMILES string of the molecule is OCC1OC(OC2C(CO)OC(OCC3OC(OC4C(O)C(CO)OC(OC5C(O)C(O)OC(CO)C5O)C4O)C(O)C(OC4OC(CO)C(O)C(OC5OC(CO)C(O)C(O)C5O)C4O)C3O)C(O)C2O)C(O)C(O)C1O. The Morgan fingerprint density at radius 1 is 0.218 bits per heavy atom. The molecule has 0 radical (unpaired) electrons. The van der Waals surface area contributed by atoms with Crippen LogP contribution in [-0.2, 0) is 61.6 Å². The number of aliphatic hydroxyl groups excluding tert-OH is 23. The van der Waals surface area contributed by atoms with Crippen molar-refractivity contribution in [2.75, 3.05) is 46.2 Å². The summed E-state index contributed by atoms with van der Waals surface area (Å²) in [4.78, 5) is 0. The molecular formula is C42H72O36. The lowest BCUT2D eigenvalue weighted by Gasteiger charge is -2.50. The van der Waals surface area contributed by atoms with Gasteiger partial charge in [-0.25, -0.2) is 0 Å². The monoisotopic (exact) mass is 1150 g/mol. The fraction of sp³-hybridized carbons (Fsp3) is 1.00. The number of hydrogen-bond donors (Lipinski definition) is 23. The molecule has 35 unspecified atom stereocenters. The Kier molecular flexibility index (Phi) is 22.6. The van der Waals surface area contributed by atoms with E-state index < -0.39 is 261 Å². The third-order valence-electron chi connectivity index (χ3n) is 14.5. The lowest BCUT2D eigenvalue weighted by molar-refractivity contribution is -0.398. The molecule has 23 N–H and O–H groups in total. The van der Waals surface area contributed by atoms with E-state index >= 15 is 0 Å². The summed E-state index contributed by atoms with van der Waals surface area (Å²) in [6.07, 6.45) is -70.1. The second kappa shape index (κ2) is 27.5. The van der Waals surface area contributed by atoms with Gasteiger partial charge in [-0.3, -0.25) is 0 Å². The average molecular weight is 1150 g/mol. The maximum absolute atomic E-state index is 11.9. The molecule has 7 saturated heterocycles. The highest BCUT2D eigenvalue weighted by Gasteiger charge is 2.58. The third-order valence-corrected chi connectivity index (χ3v) is 14.5. The van der Waals surface area contributed by atoms with Gasteiger partial charge in [-0.05, 0) is 0 Å². The van der Waals surface area contributed by atoms with Crippen LogP contribution in [0.4, 0.5) is 0 Å². The molecular weight excluding hydrogens is 1080 g/mol. The predicted octanol–water partition coefficient (Wildman–Crippen LogP) is -16.3. The van der Waals surface area contributed by atoms with Crippen LogP contribution >= 0.6 is 0 Å². The Morgan fingerprint density at radius 3 is 0.859 bits per heavy atom.